The Morgan fingerprint density at radius 3 is 2.75 bits per heavy atom. The third kappa shape index (κ3) is 1.02. The zero-order valence-electron chi connectivity index (χ0n) is 9.59. The van der Waals surface area contributed by atoms with Crippen LogP contribution in [0.1, 0.15) is 42.5 Å². The molecule has 16 heavy (non-hydrogen) atoms. The van der Waals surface area contributed by atoms with Gasteiger partial charge in [0.25, 0.3) is 0 Å². The maximum Gasteiger partial charge on any atom is 0.0874 e. The third-order valence-electron chi connectivity index (χ3n) is 4.26. The molecule has 1 fully saturated rings. The molecule has 1 aromatic rings. The summed E-state index contributed by atoms with van der Waals surface area (Å²) in [6.45, 7) is 0.945. The standard InChI is InChI=1S/C13H17N3/c1-16-7-14-12-5-8-9(6-13(12)16)11-4-2-3-10(8)15-11/h5-6,10-11,14-15H,2-4,7H2,1H3. The summed E-state index contributed by atoms with van der Waals surface area (Å²) in [5.74, 6) is 0. The van der Waals surface area contributed by atoms with Crippen molar-refractivity contribution >= 4 is 11.4 Å². The van der Waals surface area contributed by atoms with Crippen LogP contribution in [-0.2, 0) is 0 Å². The molecular formula is C13H17N3. The van der Waals surface area contributed by atoms with Crippen molar-refractivity contribution < 1.29 is 0 Å². The Kier molecular flexibility index (Phi) is 1.62. The lowest BCUT2D eigenvalue weighted by Crippen LogP contribution is -2.22. The van der Waals surface area contributed by atoms with Crippen molar-refractivity contribution in [3.8, 4) is 0 Å². The average molecular weight is 215 g/mol. The van der Waals surface area contributed by atoms with Gasteiger partial charge in [0, 0.05) is 19.1 Å². The van der Waals surface area contributed by atoms with Crippen molar-refractivity contribution in [1.29, 1.82) is 0 Å². The highest BCUT2D eigenvalue weighted by Crippen LogP contribution is 2.46. The Balaban J connectivity index is 1.89. The molecule has 1 aromatic carbocycles. The third-order valence-corrected chi connectivity index (χ3v) is 4.26. The molecule has 2 N–H and O–H groups in total. The van der Waals surface area contributed by atoms with E-state index in [0.717, 1.165) is 6.67 Å². The summed E-state index contributed by atoms with van der Waals surface area (Å²) in [5.41, 5.74) is 5.78. The van der Waals surface area contributed by atoms with Gasteiger partial charge in [-0.05, 0) is 42.5 Å². The molecule has 0 aromatic heterocycles. The summed E-state index contributed by atoms with van der Waals surface area (Å²) >= 11 is 0. The first kappa shape index (κ1) is 8.88. The number of anilines is 2. The van der Waals surface area contributed by atoms with Gasteiger partial charge in [0.15, 0.2) is 0 Å². The van der Waals surface area contributed by atoms with E-state index >= 15 is 0 Å². The van der Waals surface area contributed by atoms with Crippen molar-refractivity contribution in [2.24, 2.45) is 0 Å². The number of nitrogens with one attached hydrogen (secondary N) is 2. The molecule has 0 aliphatic carbocycles. The molecule has 2 bridgehead atoms. The Hall–Kier alpha value is -1.22. The van der Waals surface area contributed by atoms with Gasteiger partial charge < -0.3 is 15.5 Å². The summed E-state index contributed by atoms with van der Waals surface area (Å²) in [6, 6.07) is 6.00. The van der Waals surface area contributed by atoms with Crippen LogP contribution in [0.4, 0.5) is 11.4 Å². The molecule has 3 heterocycles. The van der Waals surface area contributed by atoms with Gasteiger partial charge in [-0.1, -0.05) is 0 Å². The lowest BCUT2D eigenvalue weighted by atomic mass is 10.0. The first-order valence-corrected chi connectivity index (χ1v) is 6.22. The molecule has 3 heteroatoms. The van der Waals surface area contributed by atoms with E-state index in [9.17, 15) is 0 Å². The second-order valence-electron chi connectivity index (χ2n) is 5.23. The Bertz CT molecular complexity index is 455. The quantitative estimate of drug-likeness (QED) is 0.695. The zero-order chi connectivity index (χ0) is 10.7. The van der Waals surface area contributed by atoms with Crippen molar-refractivity contribution in [3.63, 3.8) is 0 Å². The number of fused-ring (bicyclic) bond motifs is 6. The average Bonchev–Trinajstić information content (AvgIpc) is 2.79. The number of nitrogens with zero attached hydrogens (tertiary/aromatic N) is 1. The lowest BCUT2D eigenvalue weighted by Gasteiger charge is -2.20. The highest BCUT2D eigenvalue weighted by atomic mass is 15.3. The molecule has 0 amide bonds. The fraction of sp³-hybridized carbons (Fsp3) is 0.538. The highest BCUT2D eigenvalue weighted by Gasteiger charge is 2.35. The number of hydrogen-bond donors (Lipinski definition) is 2. The maximum absolute atomic E-state index is 3.73. The molecule has 0 spiro atoms. The minimum Gasteiger partial charge on any atom is -0.366 e. The van der Waals surface area contributed by atoms with Crippen LogP contribution in [0.2, 0.25) is 0 Å². The Morgan fingerprint density at radius 2 is 1.94 bits per heavy atom. The van der Waals surface area contributed by atoms with E-state index in [0.29, 0.717) is 12.1 Å². The number of hydrogen-bond acceptors (Lipinski definition) is 3. The van der Waals surface area contributed by atoms with E-state index < -0.39 is 0 Å². The first-order valence-electron chi connectivity index (χ1n) is 6.22. The number of rotatable bonds is 0. The van der Waals surface area contributed by atoms with Crippen molar-refractivity contribution in [1.82, 2.24) is 5.32 Å². The summed E-state index contributed by atoms with van der Waals surface area (Å²) in [4.78, 5) is 2.29. The molecule has 3 aliphatic rings. The molecule has 2 unspecified atom stereocenters. The number of benzene rings is 1. The molecule has 4 rings (SSSR count). The van der Waals surface area contributed by atoms with Gasteiger partial charge >= 0.3 is 0 Å². The zero-order valence-corrected chi connectivity index (χ0v) is 9.59. The van der Waals surface area contributed by atoms with Crippen molar-refractivity contribution in [2.45, 2.75) is 31.3 Å². The minimum absolute atomic E-state index is 0.617. The summed E-state index contributed by atoms with van der Waals surface area (Å²) < 4.78 is 0. The van der Waals surface area contributed by atoms with Crippen LogP contribution in [0.15, 0.2) is 12.1 Å². The normalized spacial score (nSPS) is 29.9. The predicted molar refractivity (Wildman–Crippen MR) is 65.8 cm³/mol. The van der Waals surface area contributed by atoms with Crippen LogP contribution in [0.3, 0.4) is 0 Å². The van der Waals surface area contributed by atoms with Gasteiger partial charge in [0.05, 0.1) is 18.0 Å². The van der Waals surface area contributed by atoms with Gasteiger partial charge in [0.1, 0.15) is 0 Å². The fourth-order valence-electron chi connectivity index (χ4n) is 3.40. The van der Waals surface area contributed by atoms with E-state index in [1.165, 1.54) is 30.6 Å². The predicted octanol–water partition coefficient (Wildman–Crippen LogP) is 2.38. The van der Waals surface area contributed by atoms with Crippen LogP contribution in [0.25, 0.3) is 0 Å². The molecule has 3 aliphatic heterocycles. The van der Waals surface area contributed by atoms with Gasteiger partial charge in [-0.25, -0.2) is 0 Å². The van der Waals surface area contributed by atoms with Crippen LogP contribution in [0, 0.1) is 0 Å². The van der Waals surface area contributed by atoms with E-state index in [1.807, 2.05) is 0 Å². The topological polar surface area (TPSA) is 27.3 Å². The minimum atomic E-state index is 0.617. The molecule has 0 radical (unpaired) electrons. The second-order valence-corrected chi connectivity index (χ2v) is 5.23. The van der Waals surface area contributed by atoms with E-state index in [-0.39, 0.29) is 0 Å². The van der Waals surface area contributed by atoms with Crippen molar-refractivity contribution in [2.75, 3.05) is 23.9 Å². The van der Waals surface area contributed by atoms with Crippen LogP contribution in [-0.4, -0.2) is 13.7 Å². The molecule has 0 saturated carbocycles. The second kappa shape index (κ2) is 2.92. The van der Waals surface area contributed by atoms with E-state index in [4.69, 9.17) is 0 Å². The number of piperidine rings is 1. The first-order chi connectivity index (χ1) is 7.83. The Morgan fingerprint density at radius 1 is 1.19 bits per heavy atom. The molecular weight excluding hydrogens is 198 g/mol. The van der Waals surface area contributed by atoms with Crippen LogP contribution in [0.5, 0.6) is 0 Å². The van der Waals surface area contributed by atoms with E-state index in [2.05, 4.69) is 34.7 Å². The van der Waals surface area contributed by atoms with E-state index in [1.54, 1.807) is 11.1 Å². The molecule has 3 nitrogen and oxygen atoms in total. The lowest BCUT2D eigenvalue weighted by molar-refractivity contribution is 0.370. The van der Waals surface area contributed by atoms with Gasteiger partial charge in [-0.2, -0.15) is 0 Å². The summed E-state index contributed by atoms with van der Waals surface area (Å²) in [7, 11) is 2.15. The summed E-state index contributed by atoms with van der Waals surface area (Å²) in [6.07, 6.45) is 3.97. The molecule has 84 valence electrons. The van der Waals surface area contributed by atoms with Gasteiger partial charge in [0.2, 0.25) is 0 Å². The molecule has 1 saturated heterocycles. The largest absolute Gasteiger partial charge is 0.366 e. The maximum atomic E-state index is 3.73. The Labute approximate surface area is 95.8 Å². The smallest absolute Gasteiger partial charge is 0.0874 e. The SMILES string of the molecule is CN1CNc2cc3c(cc21)C1CCCC3N1. The molecule has 2 atom stereocenters. The van der Waals surface area contributed by atoms with Gasteiger partial charge in [-0.15, -0.1) is 0 Å². The highest BCUT2D eigenvalue weighted by molar-refractivity contribution is 5.77. The monoisotopic (exact) mass is 215 g/mol. The van der Waals surface area contributed by atoms with Crippen LogP contribution < -0.4 is 15.5 Å². The van der Waals surface area contributed by atoms with Crippen LogP contribution >= 0.6 is 0 Å². The van der Waals surface area contributed by atoms with Crippen molar-refractivity contribution in [3.05, 3.63) is 23.3 Å². The summed E-state index contributed by atoms with van der Waals surface area (Å²) in [5, 5.41) is 7.18. The van der Waals surface area contributed by atoms with Gasteiger partial charge in [-0.3, -0.25) is 0 Å². The fourth-order valence-corrected chi connectivity index (χ4v) is 3.40.